The van der Waals surface area contributed by atoms with E-state index in [1.165, 1.54) is 0 Å². The number of anilines is 1. The number of urea groups is 1. The van der Waals surface area contributed by atoms with Crippen molar-refractivity contribution in [2.75, 3.05) is 38.2 Å². The second-order valence-corrected chi connectivity index (χ2v) is 7.30. The summed E-state index contributed by atoms with van der Waals surface area (Å²) in [6.07, 6.45) is 3.72. The number of nitrogens with zero attached hydrogens (tertiary/aromatic N) is 4. The van der Waals surface area contributed by atoms with Crippen molar-refractivity contribution in [3.05, 3.63) is 78.1 Å². The predicted octanol–water partition coefficient (Wildman–Crippen LogP) is 2.97. The Morgan fingerprint density at radius 2 is 1.73 bits per heavy atom. The topological polar surface area (TPSA) is 62.6 Å². The van der Waals surface area contributed by atoms with Gasteiger partial charge in [-0.1, -0.05) is 24.3 Å². The summed E-state index contributed by atoms with van der Waals surface area (Å²) in [5.74, 6) is 0.851. The van der Waals surface area contributed by atoms with Crippen molar-refractivity contribution in [2.45, 2.75) is 13.1 Å². The van der Waals surface area contributed by atoms with Crippen LogP contribution in [-0.4, -0.2) is 54.0 Å². The number of benzene rings is 2. The average molecular weight is 406 g/mol. The Kier molecular flexibility index (Phi) is 6.17. The highest BCUT2D eigenvalue weighted by atomic mass is 16.5. The van der Waals surface area contributed by atoms with Crippen molar-refractivity contribution in [3.63, 3.8) is 0 Å². The number of carbonyl (C=O) groups is 1. The molecular weight excluding hydrogens is 378 g/mol. The number of piperazine rings is 1. The first-order valence-electron chi connectivity index (χ1n) is 10.2. The maximum absolute atomic E-state index is 12.7. The Balaban J connectivity index is 1.29. The number of hydrogen-bond acceptors (Lipinski definition) is 4. The van der Waals surface area contributed by atoms with Crippen molar-refractivity contribution >= 4 is 11.7 Å². The molecule has 1 aromatic heterocycles. The molecule has 4 rings (SSSR count). The highest BCUT2D eigenvalue weighted by Gasteiger charge is 2.21. The second-order valence-electron chi connectivity index (χ2n) is 7.30. The maximum atomic E-state index is 12.7. The number of rotatable bonds is 6. The van der Waals surface area contributed by atoms with Crippen LogP contribution in [0, 0.1) is 0 Å². The summed E-state index contributed by atoms with van der Waals surface area (Å²) in [7, 11) is 1.67. The van der Waals surface area contributed by atoms with Gasteiger partial charge in [0.15, 0.2) is 0 Å². The third kappa shape index (κ3) is 4.74. The standard InChI is InChI=1S/C23H27N5O2/c1-30-22-9-7-21(8-10-22)26-13-15-27(16-14-26)23(29)24-17-19-5-2-3-6-20(19)18-28-12-4-11-25-28/h2-12H,13-18H2,1H3,(H,24,29). The Morgan fingerprint density at radius 1 is 1.00 bits per heavy atom. The number of ether oxygens (including phenoxy) is 1. The number of nitrogens with one attached hydrogen (secondary N) is 1. The molecule has 156 valence electrons. The number of methoxy groups -OCH3 is 1. The normalized spacial score (nSPS) is 13.9. The van der Waals surface area contributed by atoms with E-state index < -0.39 is 0 Å². The van der Waals surface area contributed by atoms with Crippen LogP contribution in [0.15, 0.2) is 67.0 Å². The van der Waals surface area contributed by atoms with E-state index in [4.69, 9.17) is 4.74 Å². The van der Waals surface area contributed by atoms with E-state index in [-0.39, 0.29) is 6.03 Å². The molecule has 0 spiro atoms. The van der Waals surface area contributed by atoms with E-state index in [0.717, 1.165) is 35.7 Å². The summed E-state index contributed by atoms with van der Waals surface area (Å²) < 4.78 is 7.11. The molecule has 1 aliphatic heterocycles. The fraction of sp³-hybridized carbons (Fsp3) is 0.304. The summed E-state index contributed by atoms with van der Waals surface area (Å²) in [5, 5.41) is 7.35. The molecule has 3 aromatic rings. The molecule has 7 nitrogen and oxygen atoms in total. The molecule has 1 N–H and O–H groups in total. The summed E-state index contributed by atoms with van der Waals surface area (Å²) in [6, 6.07) is 18.1. The quantitative estimate of drug-likeness (QED) is 0.685. The maximum Gasteiger partial charge on any atom is 0.317 e. The number of amides is 2. The first-order chi connectivity index (χ1) is 14.7. The SMILES string of the molecule is COc1ccc(N2CCN(C(=O)NCc3ccccc3Cn3cccn3)CC2)cc1. The van der Waals surface area contributed by atoms with E-state index >= 15 is 0 Å². The van der Waals surface area contributed by atoms with Crippen LogP contribution in [0.1, 0.15) is 11.1 Å². The van der Waals surface area contributed by atoms with Gasteiger partial charge in [-0.15, -0.1) is 0 Å². The molecule has 0 radical (unpaired) electrons. The first kappa shape index (κ1) is 19.8. The summed E-state index contributed by atoms with van der Waals surface area (Å²) in [4.78, 5) is 16.9. The van der Waals surface area contributed by atoms with Gasteiger partial charge < -0.3 is 19.9 Å². The van der Waals surface area contributed by atoms with E-state index in [0.29, 0.717) is 26.2 Å². The molecule has 0 unspecified atom stereocenters. The fourth-order valence-electron chi connectivity index (χ4n) is 3.70. The third-order valence-electron chi connectivity index (χ3n) is 5.44. The number of hydrogen-bond donors (Lipinski definition) is 1. The zero-order chi connectivity index (χ0) is 20.8. The highest BCUT2D eigenvalue weighted by molar-refractivity contribution is 5.74. The van der Waals surface area contributed by atoms with Gasteiger partial charge in [0.25, 0.3) is 0 Å². The lowest BCUT2D eigenvalue weighted by Gasteiger charge is -2.36. The van der Waals surface area contributed by atoms with Crippen LogP contribution < -0.4 is 15.0 Å². The molecule has 0 aliphatic carbocycles. The molecule has 2 amide bonds. The zero-order valence-electron chi connectivity index (χ0n) is 17.2. The Morgan fingerprint density at radius 3 is 2.40 bits per heavy atom. The van der Waals surface area contributed by atoms with E-state index in [1.807, 2.05) is 46.1 Å². The Hall–Kier alpha value is -3.48. The van der Waals surface area contributed by atoms with Gasteiger partial charge >= 0.3 is 6.03 Å². The molecule has 1 aliphatic rings. The molecule has 2 aromatic carbocycles. The highest BCUT2D eigenvalue weighted by Crippen LogP contribution is 2.20. The van der Waals surface area contributed by atoms with Crippen LogP contribution in [0.25, 0.3) is 0 Å². The minimum absolute atomic E-state index is 0.0155. The van der Waals surface area contributed by atoms with Crippen LogP contribution in [0.4, 0.5) is 10.5 Å². The molecule has 2 heterocycles. The fourth-order valence-corrected chi connectivity index (χ4v) is 3.70. The van der Waals surface area contributed by atoms with Gasteiger partial charge in [0, 0.05) is 50.8 Å². The van der Waals surface area contributed by atoms with Gasteiger partial charge in [-0.05, 0) is 41.5 Å². The third-order valence-corrected chi connectivity index (χ3v) is 5.44. The number of carbonyl (C=O) groups excluding carboxylic acids is 1. The van der Waals surface area contributed by atoms with Gasteiger partial charge in [0.1, 0.15) is 5.75 Å². The van der Waals surface area contributed by atoms with E-state index in [9.17, 15) is 4.79 Å². The predicted molar refractivity (Wildman–Crippen MR) is 117 cm³/mol. The Bertz CT molecular complexity index is 948. The minimum atomic E-state index is -0.0155. The largest absolute Gasteiger partial charge is 0.497 e. The van der Waals surface area contributed by atoms with Crippen molar-refractivity contribution in [1.29, 1.82) is 0 Å². The molecule has 30 heavy (non-hydrogen) atoms. The van der Waals surface area contributed by atoms with E-state index in [1.54, 1.807) is 13.3 Å². The molecule has 0 saturated carbocycles. The van der Waals surface area contributed by atoms with Gasteiger partial charge in [-0.2, -0.15) is 5.10 Å². The van der Waals surface area contributed by atoms with Crippen molar-refractivity contribution in [3.8, 4) is 5.75 Å². The second kappa shape index (κ2) is 9.35. The van der Waals surface area contributed by atoms with Gasteiger partial charge in [0.2, 0.25) is 0 Å². The van der Waals surface area contributed by atoms with Crippen molar-refractivity contribution in [2.24, 2.45) is 0 Å². The molecular formula is C23H27N5O2. The molecule has 1 fully saturated rings. The van der Waals surface area contributed by atoms with Crippen molar-refractivity contribution < 1.29 is 9.53 Å². The van der Waals surface area contributed by atoms with E-state index in [2.05, 4.69) is 39.6 Å². The molecule has 7 heteroatoms. The molecule has 0 atom stereocenters. The van der Waals surface area contributed by atoms with Crippen LogP contribution in [0.3, 0.4) is 0 Å². The first-order valence-corrected chi connectivity index (χ1v) is 10.2. The van der Waals surface area contributed by atoms with Gasteiger partial charge in [0.05, 0.1) is 13.7 Å². The lowest BCUT2D eigenvalue weighted by Crippen LogP contribution is -2.51. The minimum Gasteiger partial charge on any atom is -0.497 e. The van der Waals surface area contributed by atoms with Crippen LogP contribution in [-0.2, 0) is 13.1 Å². The van der Waals surface area contributed by atoms with Crippen LogP contribution >= 0.6 is 0 Å². The smallest absolute Gasteiger partial charge is 0.317 e. The number of aromatic nitrogens is 2. The molecule has 1 saturated heterocycles. The van der Waals surface area contributed by atoms with Gasteiger partial charge in [-0.3, -0.25) is 4.68 Å². The lowest BCUT2D eigenvalue weighted by atomic mass is 10.1. The monoisotopic (exact) mass is 405 g/mol. The summed E-state index contributed by atoms with van der Waals surface area (Å²) >= 11 is 0. The van der Waals surface area contributed by atoms with Crippen LogP contribution in [0.2, 0.25) is 0 Å². The van der Waals surface area contributed by atoms with Crippen LogP contribution in [0.5, 0.6) is 5.75 Å². The lowest BCUT2D eigenvalue weighted by molar-refractivity contribution is 0.194. The average Bonchev–Trinajstić information content (AvgIpc) is 3.31. The summed E-state index contributed by atoms with van der Waals surface area (Å²) in [5.41, 5.74) is 3.42. The Labute approximate surface area is 176 Å². The van der Waals surface area contributed by atoms with Crippen molar-refractivity contribution in [1.82, 2.24) is 20.0 Å². The zero-order valence-corrected chi connectivity index (χ0v) is 17.2. The molecule has 0 bridgehead atoms. The van der Waals surface area contributed by atoms with Gasteiger partial charge in [-0.25, -0.2) is 4.79 Å². The summed E-state index contributed by atoms with van der Waals surface area (Å²) in [6.45, 7) is 4.24.